The average Bonchev–Trinajstić information content (AvgIpc) is 3.58. The number of ether oxygens (including phenoxy) is 3. The predicted molar refractivity (Wildman–Crippen MR) is 127 cm³/mol. The fourth-order valence-corrected chi connectivity index (χ4v) is 4.55. The van der Waals surface area contributed by atoms with E-state index in [0.29, 0.717) is 29.4 Å². The van der Waals surface area contributed by atoms with Crippen LogP contribution in [0, 0.1) is 11.3 Å². The topological polar surface area (TPSA) is 68.2 Å². The average molecular weight is 508 g/mol. The normalized spacial score (nSPS) is 19.2. The van der Waals surface area contributed by atoms with Gasteiger partial charge in [-0.1, -0.05) is 31.2 Å². The summed E-state index contributed by atoms with van der Waals surface area (Å²) in [6.45, 7) is 8.13. The quantitative estimate of drug-likeness (QED) is 0.508. The second kappa shape index (κ2) is 9.18. The van der Waals surface area contributed by atoms with Crippen LogP contribution in [0.3, 0.4) is 0 Å². The van der Waals surface area contributed by atoms with Crippen molar-refractivity contribution < 1.29 is 37.3 Å². The van der Waals surface area contributed by atoms with E-state index in [1.54, 1.807) is 39.0 Å². The zero-order valence-electron chi connectivity index (χ0n) is 20.9. The summed E-state index contributed by atoms with van der Waals surface area (Å²) in [5.41, 5.74) is -2.26. The largest absolute Gasteiger partial charge is 0.573 e. The lowest BCUT2D eigenvalue weighted by atomic mass is 9.62. The third kappa shape index (κ3) is 5.72. The molecule has 2 aromatic carbocycles. The number of likely N-dealkylation sites (tertiary alicyclic amines) is 1. The summed E-state index contributed by atoms with van der Waals surface area (Å²) in [4.78, 5) is 14.1. The lowest BCUT2D eigenvalue weighted by Crippen LogP contribution is -2.66. The van der Waals surface area contributed by atoms with Crippen molar-refractivity contribution in [3.05, 3.63) is 59.7 Å². The maximum atomic E-state index is 12.7. The Bertz CT molecular complexity index is 1090. The molecule has 1 aliphatic heterocycles. The maximum Gasteiger partial charge on any atom is 0.573 e. The minimum absolute atomic E-state index is 0.187. The number of nitrogens with zero attached hydrogens (tertiary/aromatic N) is 1. The summed E-state index contributed by atoms with van der Waals surface area (Å²) < 4.78 is 53.4. The highest BCUT2D eigenvalue weighted by Gasteiger charge is 2.58. The summed E-state index contributed by atoms with van der Waals surface area (Å²) >= 11 is 0. The lowest BCUT2D eigenvalue weighted by Gasteiger charge is -2.56. The molecule has 2 aliphatic rings. The highest BCUT2D eigenvalue weighted by molar-refractivity contribution is 5.70. The molecule has 9 heteroatoms. The van der Waals surface area contributed by atoms with E-state index in [0.717, 1.165) is 12.8 Å². The van der Waals surface area contributed by atoms with E-state index >= 15 is 0 Å². The number of benzene rings is 2. The Hall–Kier alpha value is -2.94. The summed E-state index contributed by atoms with van der Waals surface area (Å²) in [7, 11) is 0. The first kappa shape index (κ1) is 26.1. The van der Waals surface area contributed by atoms with Crippen molar-refractivity contribution in [3.8, 4) is 11.5 Å². The number of aliphatic hydroxyl groups is 1. The fraction of sp³-hybridized carbons (Fsp3) is 0.519. The number of alkyl halides is 3. The number of rotatable bonds is 7. The molecule has 36 heavy (non-hydrogen) atoms. The van der Waals surface area contributed by atoms with Crippen molar-refractivity contribution in [2.75, 3.05) is 19.7 Å². The van der Waals surface area contributed by atoms with Gasteiger partial charge in [-0.05, 0) is 74.9 Å². The summed E-state index contributed by atoms with van der Waals surface area (Å²) in [6.07, 6.45) is -3.04. The molecule has 2 aromatic rings. The van der Waals surface area contributed by atoms with E-state index in [1.807, 2.05) is 13.0 Å². The number of carbonyl (C=O) groups is 1. The molecule has 1 aliphatic carbocycles. The monoisotopic (exact) mass is 507 g/mol. The number of hydrogen-bond donors (Lipinski definition) is 1. The summed E-state index contributed by atoms with van der Waals surface area (Å²) in [6, 6.07) is 12.3. The van der Waals surface area contributed by atoms with Gasteiger partial charge in [0.05, 0.1) is 6.61 Å². The molecule has 1 amide bonds. The van der Waals surface area contributed by atoms with Gasteiger partial charge in [0.1, 0.15) is 22.7 Å². The van der Waals surface area contributed by atoms with Crippen molar-refractivity contribution in [3.63, 3.8) is 0 Å². The van der Waals surface area contributed by atoms with Gasteiger partial charge in [0.2, 0.25) is 0 Å². The minimum atomic E-state index is -4.82. The van der Waals surface area contributed by atoms with Crippen LogP contribution in [-0.2, 0) is 10.3 Å². The van der Waals surface area contributed by atoms with E-state index in [1.165, 1.54) is 29.2 Å². The Morgan fingerprint density at radius 3 is 2.22 bits per heavy atom. The van der Waals surface area contributed by atoms with Crippen molar-refractivity contribution in [2.45, 2.75) is 58.1 Å². The Morgan fingerprint density at radius 1 is 1.03 bits per heavy atom. The van der Waals surface area contributed by atoms with Crippen LogP contribution in [-0.4, -0.2) is 47.8 Å². The third-order valence-electron chi connectivity index (χ3n) is 6.54. The van der Waals surface area contributed by atoms with Crippen LogP contribution in [0.15, 0.2) is 48.5 Å². The Labute approximate surface area is 209 Å². The molecule has 1 atom stereocenters. The van der Waals surface area contributed by atoms with Gasteiger partial charge in [-0.25, -0.2) is 4.79 Å². The molecule has 0 spiro atoms. The standard InChI is InChI=1S/C27H32F3NO5/c1-24(2,3)36-23(32)31-16-25(4,17-31)26(33,19-10-12-21(13-11-19)35-27(28,29)30)20-6-5-7-22(14-20)34-15-18-8-9-18/h5-7,10-14,18,33H,8-9,15-17H2,1-4H3. The van der Waals surface area contributed by atoms with Crippen LogP contribution in [0.2, 0.25) is 0 Å². The molecule has 0 radical (unpaired) electrons. The molecule has 0 aromatic heterocycles. The second-order valence-corrected chi connectivity index (χ2v) is 11.0. The van der Waals surface area contributed by atoms with Gasteiger partial charge in [-0.2, -0.15) is 0 Å². The van der Waals surface area contributed by atoms with Gasteiger partial charge in [0, 0.05) is 18.5 Å². The number of carbonyl (C=O) groups excluding carboxylic acids is 1. The first-order valence-corrected chi connectivity index (χ1v) is 12.0. The van der Waals surface area contributed by atoms with Gasteiger partial charge in [-0.3, -0.25) is 0 Å². The molecule has 6 nitrogen and oxygen atoms in total. The zero-order valence-corrected chi connectivity index (χ0v) is 20.9. The molecule has 1 saturated heterocycles. The van der Waals surface area contributed by atoms with Gasteiger partial charge >= 0.3 is 12.5 Å². The highest BCUT2D eigenvalue weighted by Crippen LogP contribution is 2.51. The van der Waals surface area contributed by atoms with Crippen molar-refractivity contribution in [1.29, 1.82) is 0 Å². The van der Waals surface area contributed by atoms with Crippen LogP contribution in [0.4, 0.5) is 18.0 Å². The van der Waals surface area contributed by atoms with Gasteiger partial charge in [0.25, 0.3) is 0 Å². The van der Waals surface area contributed by atoms with Crippen LogP contribution in [0.5, 0.6) is 11.5 Å². The smallest absolute Gasteiger partial charge is 0.493 e. The van der Waals surface area contributed by atoms with Crippen LogP contribution in [0.1, 0.15) is 51.7 Å². The van der Waals surface area contributed by atoms with E-state index in [9.17, 15) is 23.1 Å². The van der Waals surface area contributed by atoms with Gasteiger partial charge in [0.15, 0.2) is 0 Å². The van der Waals surface area contributed by atoms with Gasteiger partial charge in [-0.15, -0.1) is 13.2 Å². The first-order valence-electron chi connectivity index (χ1n) is 12.0. The minimum Gasteiger partial charge on any atom is -0.493 e. The molecule has 1 N–H and O–H groups in total. The molecular formula is C27H32F3NO5. The molecule has 0 bridgehead atoms. The van der Waals surface area contributed by atoms with Gasteiger partial charge < -0.3 is 24.2 Å². The highest BCUT2D eigenvalue weighted by atomic mass is 19.4. The number of amides is 1. The molecule has 1 unspecified atom stereocenters. The van der Waals surface area contributed by atoms with E-state index in [-0.39, 0.29) is 18.8 Å². The van der Waals surface area contributed by atoms with E-state index in [2.05, 4.69) is 4.74 Å². The van der Waals surface area contributed by atoms with Crippen LogP contribution < -0.4 is 9.47 Å². The molecular weight excluding hydrogens is 475 g/mol. The Kier molecular flexibility index (Phi) is 6.66. The Morgan fingerprint density at radius 2 is 1.67 bits per heavy atom. The number of hydrogen-bond acceptors (Lipinski definition) is 5. The van der Waals surface area contributed by atoms with Crippen LogP contribution >= 0.6 is 0 Å². The van der Waals surface area contributed by atoms with Crippen molar-refractivity contribution in [2.24, 2.45) is 11.3 Å². The molecule has 4 rings (SSSR count). The Balaban J connectivity index is 1.65. The second-order valence-electron chi connectivity index (χ2n) is 11.0. The molecule has 1 saturated carbocycles. The SMILES string of the molecule is CC(C)(C)OC(=O)N1CC(C)(C(O)(c2ccc(OC(F)(F)F)cc2)c2cccc(OCC3CC3)c2)C1. The summed E-state index contributed by atoms with van der Waals surface area (Å²) in [5.74, 6) is 0.756. The number of halogens is 3. The fourth-order valence-electron chi connectivity index (χ4n) is 4.55. The molecule has 196 valence electrons. The molecule has 2 fully saturated rings. The van der Waals surface area contributed by atoms with E-state index < -0.39 is 29.1 Å². The molecule has 1 heterocycles. The predicted octanol–water partition coefficient (Wildman–Crippen LogP) is 5.87. The maximum absolute atomic E-state index is 12.7. The summed E-state index contributed by atoms with van der Waals surface area (Å²) in [5, 5.41) is 12.3. The van der Waals surface area contributed by atoms with Crippen molar-refractivity contribution in [1.82, 2.24) is 4.90 Å². The van der Waals surface area contributed by atoms with Crippen molar-refractivity contribution >= 4 is 6.09 Å². The van der Waals surface area contributed by atoms with Crippen LogP contribution in [0.25, 0.3) is 0 Å². The third-order valence-corrected chi connectivity index (χ3v) is 6.54. The zero-order chi connectivity index (χ0) is 26.4. The lowest BCUT2D eigenvalue weighted by molar-refractivity contribution is -0.274. The van der Waals surface area contributed by atoms with E-state index in [4.69, 9.17) is 9.47 Å². The first-order chi connectivity index (χ1) is 16.7.